The number of carboxylic acids is 1. The molecular formula is C11H9BrN2O3. The number of carboxylic acid groups (broad SMARTS) is 1. The molecule has 1 N–H and O–H groups in total. The Labute approximate surface area is 106 Å². The lowest BCUT2D eigenvalue weighted by molar-refractivity contribution is -0.131. The number of aliphatic carboxylic acids is 1. The summed E-state index contributed by atoms with van der Waals surface area (Å²) in [6, 6.07) is 7.42. The minimum atomic E-state index is -1.14. The van der Waals surface area contributed by atoms with Crippen molar-refractivity contribution in [1.82, 2.24) is 5.01 Å². The van der Waals surface area contributed by atoms with Gasteiger partial charge in [0.05, 0.1) is 13.0 Å². The molecule has 0 fully saturated rings. The lowest BCUT2D eigenvalue weighted by atomic mass is 10.2. The maximum atomic E-state index is 11.5. The van der Waals surface area contributed by atoms with Gasteiger partial charge in [0.25, 0.3) is 0 Å². The third-order valence-electron chi connectivity index (χ3n) is 2.34. The SMILES string of the molecule is O=C(O)C1=NN(Cc2ccc(Br)cc2)C(=O)C1. The largest absolute Gasteiger partial charge is 0.477 e. The second kappa shape index (κ2) is 4.67. The van der Waals surface area contributed by atoms with Crippen LogP contribution in [0.15, 0.2) is 33.8 Å². The van der Waals surface area contributed by atoms with E-state index in [0.29, 0.717) is 6.54 Å². The van der Waals surface area contributed by atoms with Crippen molar-refractivity contribution < 1.29 is 14.7 Å². The zero-order chi connectivity index (χ0) is 12.4. The van der Waals surface area contributed by atoms with Crippen LogP contribution in [0.25, 0.3) is 0 Å². The summed E-state index contributed by atoms with van der Waals surface area (Å²) in [5, 5.41) is 13.7. The topological polar surface area (TPSA) is 70.0 Å². The third kappa shape index (κ3) is 2.71. The van der Waals surface area contributed by atoms with Gasteiger partial charge in [0, 0.05) is 4.47 Å². The number of hydrogen-bond donors (Lipinski definition) is 1. The van der Waals surface area contributed by atoms with Crippen molar-refractivity contribution in [1.29, 1.82) is 0 Å². The maximum absolute atomic E-state index is 11.5. The molecule has 1 amide bonds. The highest BCUT2D eigenvalue weighted by molar-refractivity contribution is 9.10. The standard InChI is InChI=1S/C11H9BrN2O3/c12-8-3-1-7(2-4-8)6-14-10(15)5-9(13-14)11(16)17/h1-4H,5-6H2,(H,16,17). The molecule has 0 spiro atoms. The maximum Gasteiger partial charge on any atom is 0.352 e. The molecule has 17 heavy (non-hydrogen) atoms. The smallest absolute Gasteiger partial charge is 0.352 e. The zero-order valence-corrected chi connectivity index (χ0v) is 10.3. The van der Waals surface area contributed by atoms with Crippen LogP contribution in [0.5, 0.6) is 0 Å². The molecule has 0 aliphatic carbocycles. The number of benzene rings is 1. The lowest BCUT2D eigenvalue weighted by Crippen LogP contribution is -2.20. The first kappa shape index (κ1) is 11.8. The van der Waals surface area contributed by atoms with Gasteiger partial charge in [-0.1, -0.05) is 28.1 Å². The highest BCUT2D eigenvalue weighted by atomic mass is 79.9. The summed E-state index contributed by atoms with van der Waals surface area (Å²) in [5.74, 6) is -1.43. The Morgan fingerprint density at radius 1 is 1.41 bits per heavy atom. The number of rotatable bonds is 3. The molecule has 0 saturated heterocycles. The Hall–Kier alpha value is -1.69. The van der Waals surface area contributed by atoms with Gasteiger partial charge in [-0.15, -0.1) is 0 Å². The summed E-state index contributed by atoms with van der Waals surface area (Å²) >= 11 is 3.31. The molecule has 0 saturated carbocycles. The van der Waals surface area contributed by atoms with Crippen LogP contribution in [-0.2, 0) is 16.1 Å². The summed E-state index contributed by atoms with van der Waals surface area (Å²) in [6.45, 7) is 0.295. The second-order valence-corrected chi connectivity index (χ2v) is 4.52. The molecule has 0 aromatic heterocycles. The van der Waals surface area contributed by atoms with Gasteiger partial charge >= 0.3 is 5.97 Å². The number of carbonyl (C=O) groups excluding carboxylic acids is 1. The van der Waals surface area contributed by atoms with Crippen molar-refractivity contribution in [2.75, 3.05) is 0 Å². The van der Waals surface area contributed by atoms with Gasteiger partial charge < -0.3 is 5.11 Å². The Balaban J connectivity index is 2.11. The first-order valence-electron chi connectivity index (χ1n) is 4.92. The average molecular weight is 297 g/mol. The van der Waals surface area contributed by atoms with E-state index < -0.39 is 5.97 Å². The van der Waals surface area contributed by atoms with E-state index in [9.17, 15) is 9.59 Å². The van der Waals surface area contributed by atoms with E-state index in [1.54, 1.807) is 0 Å². The van der Waals surface area contributed by atoms with Crippen LogP contribution in [0.3, 0.4) is 0 Å². The second-order valence-electron chi connectivity index (χ2n) is 3.61. The molecule has 6 heteroatoms. The van der Waals surface area contributed by atoms with Crippen LogP contribution >= 0.6 is 15.9 Å². The van der Waals surface area contributed by atoms with Crippen molar-refractivity contribution in [3.05, 3.63) is 34.3 Å². The Kier molecular flexibility index (Phi) is 3.23. The van der Waals surface area contributed by atoms with Gasteiger partial charge in [0.15, 0.2) is 5.71 Å². The first-order valence-corrected chi connectivity index (χ1v) is 5.71. The van der Waals surface area contributed by atoms with Crippen LogP contribution < -0.4 is 0 Å². The van der Waals surface area contributed by atoms with Crippen molar-refractivity contribution in [3.8, 4) is 0 Å². The molecule has 1 aromatic carbocycles. The van der Waals surface area contributed by atoms with E-state index >= 15 is 0 Å². The lowest BCUT2D eigenvalue weighted by Gasteiger charge is -2.11. The van der Waals surface area contributed by atoms with Crippen molar-refractivity contribution in [2.24, 2.45) is 5.10 Å². The van der Waals surface area contributed by atoms with Crippen LogP contribution in [0.4, 0.5) is 0 Å². The minimum Gasteiger partial charge on any atom is -0.477 e. The highest BCUT2D eigenvalue weighted by Crippen LogP contribution is 2.16. The Morgan fingerprint density at radius 2 is 2.06 bits per heavy atom. The average Bonchev–Trinajstić information content (AvgIpc) is 2.64. The summed E-state index contributed by atoms with van der Waals surface area (Å²) < 4.78 is 0.948. The van der Waals surface area contributed by atoms with Gasteiger partial charge in [-0.2, -0.15) is 5.10 Å². The molecule has 0 radical (unpaired) electrons. The van der Waals surface area contributed by atoms with Gasteiger partial charge in [-0.25, -0.2) is 9.80 Å². The predicted molar refractivity (Wildman–Crippen MR) is 64.4 cm³/mol. The fourth-order valence-corrected chi connectivity index (χ4v) is 1.74. The molecule has 0 atom stereocenters. The normalized spacial score (nSPS) is 15.0. The minimum absolute atomic E-state index is 0.105. The molecule has 1 heterocycles. The molecule has 2 rings (SSSR count). The van der Waals surface area contributed by atoms with Crippen LogP contribution in [0.2, 0.25) is 0 Å². The van der Waals surface area contributed by atoms with Gasteiger partial charge in [-0.3, -0.25) is 4.79 Å². The van der Waals surface area contributed by atoms with Gasteiger partial charge in [-0.05, 0) is 17.7 Å². The van der Waals surface area contributed by atoms with E-state index in [1.165, 1.54) is 5.01 Å². The van der Waals surface area contributed by atoms with Crippen LogP contribution in [0.1, 0.15) is 12.0 Å². The van der Waals surface area contributed by atoms with Crippen molar-refractivity contribution in [3.63, 3.8) is 0 Å². The molecule has 1 aliphatic heterocycles. The van der Waals surface area contributed by atoms with E-state index in [0.717, 1.165) is 10.0 Å². The highest BCUT2D eigenvalue weighted by Gasteiger charge is 2.27. The molecule has 88 valence electrons. The molecule has 0 unspecified atom stereocenters. The summed E-state index contributed by atoms with van der Waals surface area (Å²) in [4.78, 5) is 22.2. The summed E-state index contributed by atoms with van der Waals surface area (Å²) in [7, 11) is 0. The third-order valence-corrected chi connectivity index (χ3v) is 2.87. The number of amides is 1. The number of carbonyl (C=O) groups is 2. The quantitative estimate of drug-likeness (QED) is 0.921. The van der Waals surface area contributed by atoms with Gasteiger partial charge in [0.1, 0.15) is 0 Å². The zero-order valence-electron chi connectivity index (χ0n) is 8.76. The van der Waals surface area contributed by atoms with E-state index in [4.69, 9.17) is 5.11 Å². The van der Waals surface area contributed by atoms with Crippen molar-refractivity contribution >= 4 is 33.5 Å². The number of halogens is 1. The van der Waals surface area contributed by atoms with Crippen LogP contribution in [0, 0.1) is 0 Å². The predicted octanol–water partition coefficient (Wildman–Crippen LogP) is 1.62. The number of hydrogen-bond acceptors (Lipinski definition) is 3. The van der Waals surface area contributed by atoms with Crippen molar-refractivity contribution in [2.45, 2.75) is 13.0 Å². The molecule has 0 bridgehead atoms. The Bertz CT molecular complexity index is 496. The van der Waals surface area contributed by atoms with Gasteiger partial charge in [0.2, 0.25) is 5.91 Å². The van der Waals surface area contributed by atoms with E-state index in [2.05, 4.69) is 21.0 Å². The monoisotopic (exact) mass is 296 g/mol. The number of hydrazone groups is 1. The molecule has 5 nitrogen and oxygen atoms in total. The molecular weight excluding hydrogens is 288 g/mol. The summed E-state index contributed by atoms with van der Waals surface area (Å²) in [5.41, 5.74) is 0.795. The molecule has 1 aliphatic rings. The van der Waals surface area contributed by atoms with E-state index in [-0.39, 0.29) is 18.0 Å². The van der Waals surface area contributed by atoms with Crippen LogP contribution in [-0.4, -0.2) is 27.7 Å². The first-order chi connectivity index (χ1) is 8.06. The fraction of sp³-hybridized carbons (Fsp3) is 0.182. The number of nitrogens with zero attached hydrogens (tertiary/aromatic N) is 2. The fourth-order valence-electron chi connectivity index (χ4n) is 1.48. The molecule has 1 aromatic rings. The Morgan fingerprint density at radius 3 is 2.59 bits per heavy atom. The summed E-state index contributed by atoms with van der Waals surface area (Å²) in [6.07, 6.45) is -0.133. The van der Waals surface area contributed by atoms with E-state index in [1.807, 2.05) is 24.3 Å².